The molecule has 0 spiro atoms. The van der Waals surface area contributed by atoms with Gasteiger partial charge in [-0.3, -0.25) is 4.79 Å². The molecule has 0 saturated carbocycles. The molecule has 1 fully saturated rings. The topological polar surface area (TPSA) is 62.2 Å². The first kappa shape index (κ1) is 13.4. The summed E-state index contributed by atoms with van der Waals surface area (Å²) in [7, 11) is 0. The van der Waals surface area contributed by atoms with Crippen LogP contribution in [0.15, 0.2) is 10.8 Å². The zero-order valence-corrected chi connectivity index (χ0v) is 12.8. The smallest absolute Gasteiger partial charge is 0.275 e. The standard InChI is InChI=1S/C12H15N5OS2/c1-9-7-19-12(13-9)17-4-2-3-16(5-6-17)11(18)10-8-20-15-14-10/h7-8H,2-6H2,1H3. The summed E-state index contributed by atoms with van der Waals surface area (Å²) in [5.41, 5.74) is 1.50. The van der Waals surface area contributed by atoms with Crippen LogP contribution in [0.25, 0.3) is 0 Å². The fourth-order valence-electron chi connectivity index (χ4n) is 2.22. The lowest BCUT2D eigenvalue weighted by Crippen LogP contribution is -2.35. The number of aromatic nitrogens is 3. The van der Waals surface area contributed by atoms with E-state index in [2.05, 4.69) is 24.9 Å². The molecule has 6 nitrogen and oxygen atoms in total. The third-order valence-corrected chi connectivity index (χ3v) is 4.76. The van der Waals surface area contributed by atoms with Crippen molar-refractivity contribution in [1.29, 1.82) is 0 Å². The average molecular weight is 309 g/mol. The number of carbonyl (C=O) groups excluding carboxylic acids is 1. The number of aryl methyl sites for hydroxylation is 1. The Hall–Kier alpha value is -1.54. The summed E-state index contributed by atoms with van der Waals surface area (Å²) in [6.07, 6.45) is 0.946. The molecule has 2 aromatic rings. The van der Waals surface area contributed by atoms with Crippen molar-refractivity contribution in [2.24, 2.45) is 0 Å². The highest BCUT2D eigenvalue weighted by atomic mass is 32.1. The van der Waals surface area contributed by atoms with Crippen molar-refractivity contribution in [3.63, 3.8) is 0 Å². The molecule has 0 atom stereocenters. The molecule has 0 aromatic carbocycles. The van der Waals surface area contributed by atoms with Crippen LogP contribution in [-0.4, -0.2) is 51.6 Å². The van der Waals surface area contributed by atoms with E-state index in [1.54, 1.807) is 16.7 Å². The van der Waals surface area contributed by atoms with Crippen LogP contribution in [0.4, 0.5) is 5.13 Å². The largest absolute Gasteiger partial charge is 0.346 e. The molecule has 1 saturated heterocycles. The van der Waals surface area contributed by atoms with E-state index in [0.29, 0.717) is 12.2 Å². The molecule has 3 heterocycles. The van der Waals surface area contributed by atoms with Crippen molar-refractivity contribution in [1.82, 2.24) is 19.5 Å². The lowest BCUT2D eigenvalue weighted by atomic mass is 10.3. The van der Waals surface area contributed by atoms with Gasteiger partial charge < -0.3 is 9.80 Å². The second kappa shape index (κ2) is 5.84. The number of thiazole rings is 1. The number of nitrogens with zero attached hydrogens (tertiary/aromatic N) is 5. The normalized spacial score (nSPS) is 16.2. The van der Waals surface area contributed by atoms with Crippen molar-refractivity contribution >= 4 is 33.9 Å². The highest BCUT2D eigenvalue weighted by molar-refractivity contribution is 7.13. The van der Waals surface area contributed by atoms with Crippen molar-refractivity contribution in [3.05, 3.63) is 22.1 Å². The van der Waals surface area contributed by atoms with Gasteiger partial charge in [-0.15, -0.1) is 16.4 Å². The fraction of sp³-hybridized carbons (Fsp3) is 0.500. The van der Waals surface area contributed by atoms with Gasteiger partial charge in [-0.25, -0.2) is 4.98 Å². The first-order valence-electron chi connectivity index (χ1n) is 6.47. The Balaban J connectivity index is 1.66. The number of amides is 1. The predicted octanol–water partition coefficient (Wildman–Crippen LogP) is 1.66. The summed E-state index contributed by atoms with van der Waals surface area (Å²) < 4.78 is 3.75. The number of hydrogen-bond acceptors (Lipinski definition) is 7. The summed E-state index contributed by atoms with van der Waals surface area (Å²) in [5, 5.41) is 8.67. The quantitative estimate of drug-likeness (QED) is 0.844. The summed E-state index contributed by atoms with van der Waals surface area (Å²) in [6.45, 7) is 5.22. The van der Waals surface area contributed by atoms with Crippen molar-refractivity contribution < 1.29 is 4.79 Å². The van der Waals surface area contributed by atoms with Gasteiger partial charge in [0.15, 0.2) is 10.8 Å². The van der Waals surface area contributed by atoms with Gasteiger partial charge in [0.05, 0.1) is 5.69 Å². The molecule has 0 aliphatic carbocycles. The summed E-state index contributed by atoms with van der Waals surface area (Å²) in [5.74, 6) is -0.0177. The third kappa shape index (κ3) is 2.80. The number of carbonyl (C=O) groups is 1. The summed E-state index contributed by atoms with van der Waals surface area (Å²) in [4.78, 5) is 20.9. The van der Waals surface area contributed by atoms with E-state index in [-0.39, 0.29) is 5.91 Å². The Bertz CT molecular complexity index is 582. The molecule has 20 heavy (non-hydrogen) atoms. The lowest BCUT2D eigenvalue weighted by Gasteiger charge is -2.20. The van der Waals surface area contributed by atoms with E-state index in [1.807, 2.05) is 11.8 Å². The number of hydrogen-bond donors (Lipinski definition) is 0. The molecule has 3 rings (SSSR count). The van der Waals surface area contributed by atoms with Gasteiger partial charge in [0.1, 0.15) is 0 Å². The van der Waals surface area contributed by atoms with Gasteiger partial charge in [-0.05, 0) is 24.9 Å². The van der Waals surface area contributed by atoms with Crippen LogP contribution in [0.3, 0.4) is 0 Å². The van der Waals surface area contributed by atoms with Crippen molar-refractivity contribution in [2.45, 2.75) is 13.3 Å². The van der Waals surface area contributed by atoms with E-state index in [9.17, 15) is 4.79 Å². The van der Waals surface area contributed by atoms with Crippen LogP contribution in [0.5, 0.6) is 0 Å². The highest BCUT2D eigenvalue weighted by Crippen LogP contribution is 2.21. The summed E-state index contributed by atoms with van der Waals surface area (Å²) in [6, 6.07) is 0. The van der Waals surface area contributed by atoms with Crippen molar-refractivity contribution in [2.75, 3.05) is 31.1 Å². The summed E-state index contributed by atoms with van der Waals surface area (Å²) >= 11 is 2.87. The molecule has 0 unspecified atom stereocenters. The molecule has 1 amide bonds. The molecule has 0 N–H and O–H groups in total. The average Bonchev–Trinajstić information content (AvgIpc) is 3.05. The van der Waals surface area contributed by atoms with E-state index in [4.69, 9.17) is 0 Å². The number of rotatable bonds is 2. The molecule has 1 aliphatic heterocycles. The Kier molecular flexibility index (Phi) is 3.93. The van der Waals surface area contributed by atoms with Crippen LogP contribution in [-0.2, 0) is 0 Å². The van der Waals surface area contributed by atoms with Gasteiger partial charge in [0.2, 0.25) is 0 Å². The maximum absolute atomic E-state index is 12.3. The van der Waals surface area contributed by atoms with E-state index in [0.717, 1.165) is 36.9 Å². The third-order valence-electron chi connectivity index (χ3n) is 3.24. The van der Waals surface area contributed by atoms with Crippen LogP contribution < -0.4 is 4.90 Å². The van der Waals surface area contributed by atoms with Crippen LogP contribution in [0, 0.1) is 6.92 Å². The fourth-order valence-corrected chi connectivity index (χ4v) is 3.51. The van der Waals surface area contributed by atoms with Gasteiger partial charge >= 0.3 is 0 Å². The highest BCUT2D eigenvalue weighted by Gasteiger charge is 2.22. The molecular weight excluding hydrogens is 294 g/mol. The Morgan fingerprint density at radius 2 is 2.15 bits per heavy atom. The lowest BCUT2D eigenvalue weighted by molar-refractivity contribution is 0.0761. The van der Waals surface area contributed by atoms with Crippen LogP contribution in [0.2, 0.25) is 0 Å². The van der Waals surface area contributed by atoms with E-state index in [1.165, 1.54) is 11.5 Å². The van der Waals surface area contributed by atoms with Crippen molar-refractivity contribution in [3.8, 4) is 0 Å². The second-order valence-corrected chi connectivity index (χ2v) is 6.14. The molecule has 0 radical (unpaired) electrons. The first-order valence-corrected chi connectivity index (χ1v) is 8.19. The molecular formula is C12H15N5OS2. The van der Waals surface area contributed by atoms with E-state index >= 15 is 0 Å². The van der Waals surface area contributed by atoms with Gasteiger partial charge in [0, 0.05) is 36.9 Å². The minimum Gasteiger partial charge on any atom is -0.346 e. The Morgan fingerprint density at radius 1 is 1.25 bits per heavy atom. The van der Waals surface area contributed by atoms with Gasteiger partial charge in [-0.2, -0.15) is 0 Å². The number of anilines is 1. The molecule has 2 aromatic heterocycles. The minimum absolute atomic E-state index is 0.0177. The Morgan fingerprint density at radius 3 is 2.85 bits per heavy atom. The van der Waals surface area contributed by atoms with Crippen LogP contribution in [0.1, 0.15) is 22.6 Å². The molecule has 106 valence electrons. The zero-order valence-electron chi connectivity index (χ0n) is 11.2. The maximum atomic E-state index is 12.3. The Labute approximate surface area is 125 Å². The van der Waals surface area contributed by atoms with Gasteiger partial charge in [0.25, 0.3) is 5.91 Å². The monoisotopic (exact) mass is 309 g/mol. The van der Waals surface area contributed by atoms with Crippen LogP contribution >= 0.6 is 22.9 Å². The SMILES string of the molecule is Cc1csc(N2CCCN(C(=O)c3csnn3)CC2)n1. The molecule has 8 heteroatoms. The predicted molar refractivity (Wildman–Crippen MR) is 79.5 cm³/mol. The van der Waals surface area contributed by atoms with Gasteiger partial charge in [-0.1, -0.05) is 4.49 Å². The maximum Gasteiger partial charge on any atom is 0.275 e. The molecule has 1 aliphatic rings. The molecule has 0 bridgehead atoms. The second-order valence-electron chi connectivity index (χ2n) is 4.69. The zero-order chi connectivity index (χ0) is 13.9. The first-order chi connectivity index (χ1) is 9.74. The van der Waals surface area contributed by atoms with E-state index < -0.39 is 0 Å². The minimum atomic E-state index is -0.0177.